The van der Waals surface area contributed by atoms with E-state index in [0.717, 1.165) is 22.1 Å². The molecular formula is C15H19N3S. The largest absolute Gasteiger partial charge is 0.366 e. The zero-order chi connectivity index (χ0) is 13.1. The average molecular weight is 273 g/mol. The van der Waals surface area contributed by atoms with Crippen LogP contribution >= 0.6 is 11.8 Å². The fraction of sp³-hybridized carbons (Fsp3) is 0.467. The van der Waals surface area contributed by atoms with E-state index in [2.05, 4.69) is 21.5 Å². The molecule has 1 aliphatic carbocycles. The van der Waals surface area contributed by atoms with Crippen molar-refractivity contribution in [2.45, 2.75) is 37.0 Å². The third-order valence-electron chi connectivity index (χ3n) is 3.81. The van der Waals surface area contributed by atoms with Gasteiger partial charge in [0, 0.05) is 11.3 Å². The number of rotatable bonds is 3. The first-order valence-corrected chi connectivity index (χ1v) is 8.15. The Bertz CT molecular complexity index is 550. The highest BCUT2D eigenvalue weighted by Crippen LogP contribution is 2.28. The predicted molar refractivity (Wildman–Crippen MR) is 82.7 cm³/mol. The van der Waals surface area contributed by atoms with Crippen LogP contribution in [0, 0.1) is 0 Å². The lowest BCUT2D eigenvalue weighted by atomic mass is 9.95. The molecule has 0 aliphatic heterocycles. The number of hydrogen-bond acceptors (Lipinski definition) is 4. The van der Waals surface area contributed by atoms with Crippen LogP contribution in [0.4, 0.5) is 5.82 Å². The summed E-state index contributed by atoms with van der Waals surface area (Å²) >= 11 is 2.00. The average Bonchev–Trinajstić information content (AvgIpc) is 2.48. The van der Waals surface area contributed by atoms with E-state index in [1.54, 1.807) is 0 Å². The van der Waals surface area contributed by atoms with Gasteiger partial charge in [-0.05, 0) is 44.1 Å². The second kappa shape index (κ2) is 5.78. The number of fused-ring (bicyclic) bond motifs is 1. The standard InChI is InChI=1S/C15H19N3S/c1-19-12-8-6-11(7-9-12)17-15-10-16-13-4-2-3-5-14(13)18-15/h2-5,10-12H,6-9H2,1H3,(H,17,18). The predicted octanol–water partition coefficient (Wildman–Crippen LogP) is 3.72. The summed E-state index contributed by atoms with van der Waals surface area (Å²) in [5.74, 6) is 0.909. The molecule has 0 saturated heterocycles. The molecule has 1 aromatic carbocycles. The molecule has 3 rings (SSSR count). The minimum absolute atomic E-state index is 0.555. The van der Waals surface area contributed by atoms with E-state index >= 15 is 0 Å². The summed E-state index contributed by atoms with van der Waals surface area (Å²) in [4.78, 5) is 9.08. The molecule has 1 heterocycles. The highest BCUT2D eigenvalue weighted by Gasteiger charge is 2.20. The van der Waals surface area contributed by atoms with Gasteiger partial charge in [0.05, 0.1) is 17.2 Å². The maximum atomic E-state index is 4.63. The van der Waals surface area contributed by atoms with Crippen molar-refractivity contribution in [3.8, 4) is 0 Å². The second-order valence-corrected chi connectivity index (χ2v) is 6.24. The van der Waals surface area contributed by atoms with Crippen LogP contribution in [-0.4, -0.2) is 27.5 Å². The summed E-state index contributed by atoms with van der Waals surface area (Å²) in [6.07, 6.45) is 9.15. The first-order chi connectivity index (χ1) is 9.35. The van der Waals surface area contributed by atoms with Crippen LogP contribution in [0.15, 0.2) is 30.5 Å². The molecule has 2 aromatic rings. The van der Waals surface area contributed by atoms with Crippen molar-refractivity contribution in [2.24, 2.45) is 0 Å². The number of hydrogen-bond donors (Lipinski definition) is 1. The molecule has 4 heteroatoms. The maximum Gasteiger partial charge on any atom is 0.145 e. The van der Waals surface area contributed by atoms with Crippen molar-refractivity contribution >= 4 is 28.6 Å². The Balaban J connectivity index is 1.68. The number of para-hydroxylation sites is 2. The van der Waals surface area contributed by atoms with Crippen molar-refractivity contribution in [1.29, 1.82) is 0 Å². The maximum absolute atomic E-state index is 4.63. The number of anilines is 1. The summed E-state index contributed by atoms with van der Waals surface area (Å²) in [6.45, 7) is 0. The van der Waals surface area contributed by atoms with E-state index in [4.69, 9.17) is 0 Å². The van der Waals surface area contributed by atoms with Crippen molar-refractivity contribution < 1.29 is 0 Å². The van der Waals surface area contributed by atoms with E-state index in [1.807, 2.05) is 42.2 Å². The number of thioether (sulfide) groups is 1. The molecule has 1 fully saturated rings. The fourth-order valence-electron chi connectivity index (χ4n) is 2.68. The van der Waals surface area contributed by atoms with Gasteiger partial charge >= 0.3 is 0 Å². The Morgan fingerprint density at radius 2 is 1.84 bits per heavy atom. The molecule has 1 aromatic heterocycles. The topological polar surface area (TPSA) is 37.8 Å². The first kappa shape index (κ1) is 12.7. The van der Waals surface area contributed by atoms with Crippen LogP contribution in [0.25, 0.3) is 11.0 Å². The Morgan fingerprint density at radius 1 is 1.11 bits per heavy atom. The molecule has 1 saturated carbocycles. The second-order valence-electron chi connectivity index (χ2n) is 5.10. The van der Waals surface area contributed by atoms with Crippen LogP contribution in [0.5, 0.6) is 0 Å². The van der Waals surface area contributed by atoms with Gasteiger partial charge in [-0.3, -0.25) is 4.98 Å². The van der Waals surface area contributed by atoms with Gasteiger partial charge in [0.15, 0.2) is 0 Å². The zero-order valence-electron chi connectivity index (χ0n) is 11.2. The van der Waals surface area contributed by atoms with Gasteiger partial charge in [0.2, 0.25) is 0 Å². The normalized spacial score (nSPS) is 23.4. The van der Waals surface area contributed by atoms with Gasteiger partial charge in [0.25, 0.3) is 0 Å². The number of aromatic nitrogens is 2. The van der Waals surface area contributed by atoms with Crippen molar-refractivity contribution in [3.63, 3.8) is 0 Å². The van der Waals surface area contributed by atoms with Crippen molar-refractivity contribution in [1.82, 2.24) is 9.97 Å². The lowest BCUT2D eigenvalue weighted by Gasteiger charge is -2.28. The third kappa shape index (κ3) is 3.00. The Kier molecular flexibility index (Phi) is 3.87. The Hall–Kier alpha value is -1.29. The molecule has 0 amide bonds. The summed E-state index contributed by atoms with van der Waals surface area (Å²) in [6, 6.07) is 8.56. The Labute approximate surface area is 118 Å². The molecule has 0 atom stereocenters. The molecular weight excluding hydrogens is 254 g/mol. The van der Waals surface area contributed by atoms with E-state index in [0.29, 0.717) is 6.04 Å². The van der Waals surface area contributed by atoms with Gasteiger partial charge in [-0.25, -0.2) is 4.98 Å². The highest BCUT2D eigenvalue weighted by molar-refractivity contribution is 7.99. The smallest absolute Gasteiger partial charge is 0.145 e. The molecule has 0 spiro atoms. The lowest BCUT2D eigenvalue weighted by Crippen LogP contribution is -2.27. The summed E-state index contributed by atoms with van der Waals surface area (Å²) in [5, 5.41) is 4.38. The number of nitrogens with one attached hydrogen (secondary N) is 1. The Morgan fingerprint density at radius 3 is 2.58 bits per heavy atom. The molecule has 19 heavy (non-hydrogen) atoms. The van der Waals surface area contributed by atoms with Crippen LogP contribution in [0.3, 0.4) is 0 Å². The molecule has 0 radical (unpaired) electrons. The molecule has 1 N–H and O–H groups in total. The summed E-state index contributed by atoms with van der Waals surface area (Å²) < 4.78 is 0. The van der Waals surface area contributed by atoms with Crippen molar-refractivity contribution in [2.75, 3.05) is 11.6 Å². The van der Waals surface area contributed by atoms with Gasteiger partial charge in [0.1, 0.15) is 5.82 Å². The fourth-order valence-corrected chi connectivity index (χ4v) is 3.42. The highest BCUT2D eigenvalue weighted by atomic mass is 32.2. The zero-order valence-corrected chi connectivity index (χ0v) is 12.0. The molecule has 0 bridgehead atoms. The first-order valence-electron chi connectivity index (χ1n) is 6.86. The number of benzene rings is 1. The van der Waals surface area contributed by atoms with Crippen LogP contribution in [0.1, 0.15) is 25.7 Å². The number of nitrogens with zero attached hydrogens (tertiary/aromatic N) is 2. The van der Waals surface area contributed by atoms with E-state index in [1.165, 1.54) is 25.7 Å². The molecule has 0 unspecified atom stereocenters. The van der Waals surface area contributed by atoms with E-state index in [9.17, 15) is 0 Å². The van der Waals surface area contributed by atoms with Crippen LogP contribution in [-0.2, 0) is 0 Å². The van der Waals surface area contributed by atoms with Gasteiger partial charge in [-0.2, -0.15) is 11.8 Å². The minimum Gasteiger partial charge on any atom is -0.366 e. The van der Waals surface area contributed by atoms with Crippen LogP contribution < -0.4 is 5.32 Å². The van der Waals surface area contributed by atoms with Gasteiger partial charge < -0.3 is 5.32 Å². The van der Waals surface area contributed by atoms with Crippen LogP contribution in [0.2, 0.25) is 0 Å². The minimum atomic E-state index is 0.555. The molecule has 3 nitrogen and oxygen atoms in total. The van der Waals surface area contributed by atoms with E-state index in [-0.39, 0.29) is 0 Å². The third-order valence-corrected chi connectivity index (χ3v) is 4.95. The molecule has 100 valence electrons. The summed E-state index contributed by atoms with van der Waals surface area (Å²) in [7, 11) is 0. The lowest BCUT2D eigenvalue weighted by molar-refractivity contribution is 0.472. The van der Waals surface area contributed by atoms with E-state index < -0.39 is 0 Å². The monoisotopic (exact) mass is 273 g/mol. The van der Waals surface area contributed by atoms with Gasteiger partial charge in [-0.1, -0.05) is 12.1 Å². The van der Waals surface area contributed by atoms with Crippen molar-refractivity contribution in [3.05, 3.63) is 30.5 Å². The SMILES string of the molecule is CSC1CCC(Nc2cnc3ccccc3n2)CC1. The summed E-state index contributed by atoms with van der Waals surface area (Å²) in [5.41, 5.74) is 1.92. The molecule has 1 aliphatic rings. The quantitative estimate of drug-likeness (QED) is 0.925. The van der Waals surface area contributed by atoms with Gasteiger partial charge in [-0.15, -0.1) is 0 Å².